The maximum absolute atomic E-state index is 5.77. The number of para-hydroxylation sites is 1. The fraction of sp³-hybridized carbons (Fsp3) is 0.267. The number of hydrogen-bond donors (Lipinski definition) is 1. The van der Waals surface area contributed by atoms with E-state index in [9.17, 15) is 0 Å². The summed E-state index contributed by atoms with van der Waals surface area (Å²) in [7, 11) is 1.87. The van der Waals surface area contributed by atoms with Gasteiger partial charge in [0.1, 0.15) is 12.4 Å². The van der Waals surface area contributed by atoms with Gasteiger partial charge in [-0.3, -0.25) is 0 Å². The Kier molecular flexibility index (Phi) is 4.75. The Labute approximate surface area is 113 Å². The van der Waals surface area contributed by atoms with E-state index in [0.717, 1.165) is 29.2 Å². The quantitative estimate of drug-likeness (QED) is 0.776. The lowest BCUT2D eigenvalue weighted by Gasteiger charge is -2.08. The number of nitrogens with one attached hydrogen (secondary N) is 1. The molecule has 1 heterocycles. The van der Waals surface area contributed by atoms with E-state index in [1.807, 2.05) is 43.5 Å². The maximum Gasteiger partial charge on any atom is 0.174 e. The molecule has 0 radical (unpaired) electrons. The van der Waals surface area contributed by atoms with Crippen molar-refractivity contribution in [2.75, 3.05) is 7.05 Å². The van der Waals surface area contributed by atoms with E-state index in [4.69, 9.17) is 9.26 Å². The summed E-state index contributed by atoms with van der Waals surface area (Å²) < 4.78 is 11.0. The van der Waals surface area contributed by atoms with Gasteiger partial charge in [0.05, 0.1) is 5.69 Å². The van der Waals surface area contributed by atoms with E-state index in [1.54, 1.807) is 0 Å². The zero-order valence-corrected chi connectivity index (χ0v) is 11.1. The molecular formula is C15H18N2O2. The van der Waals surface area contributed by atoms with Crippen molar-refractivity contribution >= 4 is 0 Å². The molecule has 0 aliphatic carbocycles. The van der Waals surface area contributed by atoms with Gasteiger partial charge >= 0.3 is 0 Å². The van der Waals surface area contributed by atoms with Crippen LogP contribution in [0.3, 0.4) is 0 Å². The molecular weight excluding hydrogens is 240 g/mol. The van der Waals surface area contributed by atoms with E-state index in [2.05, 4.69) is 17.1 Å². The highest BCUT2D eigenvalue weighted by Crippen LogP contribution is 2.20. The molecule has 0 bridgehead atoms. The van der Waals surface area contributed by atoms with Crippen molar-refractivity contribution in [2.24, 2.45) is 0 Å². The smallest absolute Gasteiger partial charge is 0.174 e. The second-order valence-corrected chi connectivity index (χ2v) is 4.20. The Morgan fingerprint density at radius 2 is 2.26 bits per heavy atom. The van der Waals surface area contributed by atoms with Crippen molar-refractivity contribution in [3.05, 3.63) is 60.0 Å². The van der Waals surface area contributed by atoms with Crippen LogP contribution in [0.2, 0.25) is 0 Å². The van der Waals surface area contributed by atoms with E-state index >= 15 is 0 Å². The number of nitrogens with zero attached hydrogens (tertiary/aromatic N) is 1. The van der Waals surface area contributed by atoms with Gasteiger partial charge in [0.2, 0.25) is 0 Å². The van der Waals surface area contributed by atoms with Crippen LogP contribution >= 0.6 is 0 Å². The van der Waals surface area contributed by atoms with Crippen LogP contribution in [0.25, 0.3) is 0 Å². The summed E-state index contributed by atoms with van der Waals surface area (Å²) in [5, 5.41) is 6.97. The topological polar surface area (TPSA) is 47.3 Å². The van der Waals surface area contributed by atoms with Crippen LogP contribution in [0.5, 0.6) is 5.75 Å². The normalized spacial score (nSPS) is 10.4. The predicted molar refractivity (Wildman–Crippen MR) is 73.9 cm³/mol. The molecule has 100 valence electrons. The number of rotatable bonds is 7. The minimum Gasteiger partial charge on any atom is -0.485 e. The van der Waals surface area contributed by atoms with E-state index < -0.39 is 0 Å². The van der Waals surface area contributed by atoms with Crippen molar-refractivity contribution in [3.8, 4) is 5.75 Å². The summed E-state index contributed by atoms with van der Waals surface area (Å²) >= 11 is 0. The molecule has 0 saturated carbocycles. The summed E-state index contributed by atoms with van der Waals surface area (Å²) in [6.45, 7) is 4.82. The number of aromatic nitrogens is 1. The van der Waals surface area contributed by atoms with E-state index in [1.165, 1.54) is 0 Å². The summed E-state index contributed by atoms with van der Waals surface area (Å²) in [5.74, 6) is 1.58. The van der Waals surface area contributed by atoms with Gasteiger partial charge in [0.25, 0.3) is 0 Å². The lowest BCUT2D eigenvalue weighted by Crippen LogP contribution is -2.04. The van der Waals surface area contributed by atoms with Crippen molar-refractivity contribution in [1.29, 1.82) is 0 Å². The van der Waals surface area contributed by atoms with Crippen molar-refractivity contribution < 1.29 is 9.26 Å². The Bertz CT molecular complexity index is 534. The van der Waals surface area contributed by atoms with Crippen LogP contribution in [0, 0.1) is 0 Å². The zero-order chi connectivity index (χ0) is 13.5. The Balaban J connectivity index is 1.99. The number of benzene rings is 1. The standard InChI is InChI=1S/C15H18N2O2/c1-3-6-12-7-4-5-8-15(12)18-11-14-9-13(10-16-2)17-19-14/h3-5,7-9,16H,1,6,10-11H2,2H3. The molecule has 0 fully saturated rings. The molecule has 0 atom stereocenters. The van der Waals surface area contributed by atoms with Crippen LogP contribution in [-0.4, -0.2) is 12.2 Å². The Hall–Kier alpha value is -2.07. The SMILES string of the molecule is C=CCc1ccccc1OCc1cc(CNC)no1. The first kappa shape index (κ1) is 13.4. The van der Waals surface area contributed by atoms with Gasteiger partial charge in [0, 0.05) is 12.6 Å². The van der Waals surface area contributed by atoms with Gasteiger partial charge in [-0.05, 0) is 25.1 Å². The van der Waals surface area contributed by atoms with Gasteiger partial charge in [0.15, 0.2) is 5.76 Å². The molecule has 1 N–H and O–H groups in total. The second-order valence-electron chi connectivity index (χ2n) is 4.20. The minimum atomic E-state index is 0.380. The van der Waals surface area contributed by atoms with Gasteiger partial charge in [-0.25, -0.2) is 0 Å². The molecule has 4 heteroatoms. The molecule has 0 saturated heterocycles. The van der Waals surface area contributed by atoms with Crippen molar-refractivity contribution in [2.45, 2.75) is 19.6 Å². The Morgan fingerprint density at radius 3 is 3.05 bits per heavy atom. The summed E-state index contributed by atoms with van der Waals surface area (Å²) in [5.41, 5.74) is 1.99. The van der Waals surface area contributed by atoms with Crippen molar-refractivity contribution in [1.82, 2.24) is 10.5 Å². The highest BCUT2D eigenvalue weighted by molar-refractivity contribution is 5.34. The third-order valence-electron chi connectivity index (χ3n) is 2.67. The molecule has 0 amide bonds. The average Bonchev–Trinajstić information content (AvgIpc) is 2.86. The van der Waals surface area contributed by atoms with Gasteiger partial charge in [-0.2, -0.15) is 0 Å². The third-order valence-corrected chi connectivity index (χ3v) is 2.67. The zero-order valence-electron chi connectivity index (χ0n) is 11.1. The molecule has 0 spiro atoms. The van der Waals surface area contributed by atoms with Crippen LogP contribution in [-0.2, 0) is 19.6 Å². The summed E-state index contributed by atoms with van der Waals surface area (Å²) in [4.78, 5) is 0. The van der Waals surface area contributed by atoms with Gasteiger partial charge in [-0.1, -0.05) is 29.4 Å². The highest BCUT2D eigenvalue weighted by atomic mass is 16.5. The highest BCUT2D eigenvalue weighted by Gasteiger charge is 2.06. The fourth-order valence-corrected chi connectivity index (χ4v) is 1.81. The number of ether oxygens (including phenoxy) is 1. The molecule has 2 aromatic rings. The fourth-order valence-electron chi connectivity index (χ4n) is 1.81. The van der Waals surface area contributed by atoms with Crippen LogP contribution in [0.1, 0.15) is 17.0 Å². The summed E-state index contributed by atoms with van der Waals surface area (Å²) in [6, 6.07) is 9.82. The molecule has 2 rings (SSSR count). The van der Waals surface area contributed by atoms with E-state index in [0.29, 0.717) is 13.2 Å². The first-order valence-electron chi connectivity index (χ1n) is 6.24. The average molecular weight is 258 g/mol. The van der Waals surface area contributed by atoms with Crippen LogP contribution in [0.4, 0.5) is 0 Å². The Morgan fingerprint density at radius 1 is 1.42 bits per heavy atom. The van der Waals surface area contributed by atoms with Crippen LogP contribution < -0.4 is 10.1 Å². The summed E-state index contributed by atoms with van der Waals surface area (Å²) in [6.07, 6.45) is 2.65. The van der Waals surface area contributed by atoms with Crippen molar-refractivity contribution in [3.63, 3.8) is 0 Å². The van der Waals surface area contributed by atoms with Gasteiger partial charge in [-0.15, -0.1) is 6.58 Å². The molecule has 1 aromatic carbocycles. The molecule has 1 aromatic heterocycles. The number of hydrogen-bond acceptors (Lipinski definition) is 4. The number of allylic oxidation sites excluding steroid dienone is 1. The predicted octanol–water partition coefficient (Wildman–Crippen LogP) is 2.70. The maximum atomic E-state index is 5.77. The first-order valence-corrected chi connectivity index (χ1v) is 6.24. The molecule has 0 aliphatic heterocycles. The van der Waals surface area contributed by atoms with Crippen LogP contribution in [0.15, 0.2) is 47.5 Å². The largest absolute Gasteiger partial charge is 0.485 e. The lowest BCUT2D eigenvalue weighted by molar-refractivity contribution is 0.247. The lowest BCUT2D eigenvalue weighted by atomic mass is 10.1. The van der Waals surface area contributed by atoms with Gasteiger partial charge < -0.3 is 14.6 Å². The minimum absolute atomic E-state index is 0.380. The molecule has 0 unspecified atom stereocenters. The second kappa shape index (κ2) is 6.75. The molecule has 0 aliphatic rings. The third kappa shape index (κ3) is 3.69. The molecule has 19 heavy (non-hydrogen) atoms. The first-order chi connectivity index (χ1) is 9.33. The monoisotopic (exact) mass is 258 g/mol. The molecule has 4 nitrogen and oxygen atoms in total. The van der Waals surface area contributed by atoms with E-state index in [-0.39, 0.29) is 0 Å².